The fourth-order valence-corrected chi connectivity index (χ4v) is 2.33. The lowest BCUT2D eigenvalue weighted by Gasteiger charge is -2.09. The standard InChI is InChI=1S/C13H15NO6S2/c1-9(15)19-7-6-12(21)8-22-13(16)20-11-4-2-10(3-5-11)14(17)18/h2-5,12,21H,6-8H2,1H3. The lowest BCUT2D eigenvalue weighted by Crippen LogP contribution is -2.12. The molecule has 0 saturated heterocycles. The number of rotatable bonds is 7. The Balaban J connectivity index is 2.30. The van der Waals surface area contributed by atoms with E-state index >= 15 is 0 Å². The summed E-state index contributed by atoms with van der Waals surface area (Å²) >= 11 is 5.21. The zero-order chi connectivity index (χ0) is 16.5. The van der Waals surface area contributed by atoms with Gasteiger partial charge in [-0.2, -0.15) is 12.6 Å². The molecule has 1 rings (SSSR count). The molecule has 0 fully saturated rings. The number of thioether (sulfide) groups is 1. The van der Waals surface area contributed by atoms with Gasteiger partial charge in [0, 0.05) is 30.1 Å². The highest BCUT2D eigenvalue weighted by atomic mass is 32.2. The second-order valence-electron chi connectivity index (χ2n) is 4.20. The van der Waals surface area contributed by atoms with Crippen molar-refractivity contribution in [1.82, 2.24) is 0 Å². The second kappa shape index (κ2) is 9.31. The van der Waals surface area contributed by atoms with Gasteiger partial charge in [0.25, 0.3) is 5.69 Å². The van der Waals surface area contributed by atoms with Gasteiger partial charge in [-0.15, -0.1) is 0 Å². The summed E-state index contributed by atoms with van der Waals surface area (Å²) in [6.07, 6.45) is 0.528. The number of nitro benzene ring substituents is 1. The van der Waals surface area contributed by atoms with E-state index in [-0.39, 0.29) is 29.3 Å². The summed E-state index contributed by atoms with van der Waals surface area (Å²) in [6, 6.07) is 5.23. The van der Waals surface area contributed by atoms with Crippen LogP contribution in [0.25, 0.3) is 0 Å². The first-order valence-electron chi connectivity index (χ1n) is 6.29. The summed E-state index contributed by atoms with van der Waals surface area (Å²) in [5, 5.41) is 9.85. The number of carbonyl (C=O) groups excluding carboxylic acids is 2. The number of benzene rings is 1. The molecular weight excluding hydrogens is 330 g/mol. The third-order valence-electron chi connectivity index (χ3n) is 2.40. The Morgan fingerprint density at radius 2 is 2.00 bits per heavy atom. The number of esters is 1. The molecule has 0 aromatic heterocycles. The van der Waals surface area contributed by atoms with Gasteiger partial charge in [-0.25, -0.2) is 4.79 Å². The minimum Gasteiger partial charge on any atom is -0.466 e. The van der Waals surface area contributed by atoms with Gasteiger partial charge in [0.2, 0.25) is 0 Å². The minimum atomic E-state index is -0.533. The van der Waals surface area contributed by atoms with Gasteiger partial charge in [-0.1, -0.05) is 0 Å². The summed E-state index contributed by atoms with van der Waals surface area (Å²) < 4.78 is 9.80. The van der Waals surface area contributed by atoms with E-state index in [1.807, 2.05) is 0 Å². The van der Waals surface area contributed by atoms with E-state index in [9.17, 15) is 19.7 Å². The van der Waals surface area contributed by atoms with E-state index in [1.165, 1.54) is 31.2 Å². The van der Waals surface area contributed by atoms with Gasteiger partial charge in [0.1, 0.15) is 5.75 Å². The average Bonchev–Trinajstić information content (AvgIpc) is 2.45. The van der Waals surface area contributed by atoms with Gasteiger partial charge in [-0.3, -0.25) is 14.9 Å². The lowest BCUT2D eigenvalue weighted by atomic mass is 10.3. The Morgan fingerprint density at radius 1 is 1.36 bits per heavy atom. The highest BCUT2D eigenvalue weighted by Gasteiger charge is 2.12. The maximum Gasteiger partial charge on any atom is 0.372 e. The van der Waals surface area contributed by atoms with Crippen LogP contribution in [0.1, 0.15) is 13.3 Å². The SMILES string of the molecule is CC(=O)OCCC(S)CSC(=O)Oc1ccc([N+](=O)[O-])cc1. The Hall–Kier alpha value is -1.74. The van der Waals surface area contributed by atoms with Crippen molar-refractivity contribution in [2.24, 2.45) is 0 Å². The predicted molar refractivity (Wildman–Crippen MR) is 85.6 cm³/mol. The fraction of sp³-hybridized carbons (Fsp3) is 0.385. The highest BCUT2D eigenvalue weighted by Crippen LogP contribution is 2.20. The minimum absolute atomic E-state index is 0.0756. The van der Waals surface area contributed by atoms with Crippen LogP contribution in [0.4, 0.5) is 10.5 Å². The quantitative estimate of drug-likeness (QED) is 0.351. The molecule has 1 aromatic rings. The van der Waals surface area contributed by atoms with Crippen LogP contribution in [0.5, 0.6) is 5.75 Å². The predicted octanol–water partition coefficient (Wildman–Crippen LogP) is 3.08. The van der Waals surface area contributed by atoms with Crippen LogP contribution in [0, 0.1) is 10.1 Å². The number of non-ortho nitro benzene ring substituents is 1. The number of thiol groups is 1. The third kappa shape index (κ3) is 7.32. The molecule has 0 bridgehead atoms. The number of carbonyl (C=O) groups is 2. The second-order valence-corrected chi connectivity index (χ2v) is 5.88. The van der Waals surface area contributed by atoms with Gasteiger partial charge < -0.3 is 9.47 Å². The molecule has 0 aliphatic rings. The van der Waals surface area contributed by atoms with Crippen molar-refractivity contribution in [2.75, 3.05) is 12.4 Å². The molecule has 7 nitrogen and oxygen atoms in total. The number of hydrogen-bond donors (Lipinski definition) is 1. The Labute approximate surface area is 136 Å². The van der Waals surface area contributed by atoms with Gasteiger partial charge in [0.05, 0.1) is 11.5 Å². The third-order valence-corrected chi connectivity index (χ3v) is 3.97. The molecule has 0 amide bonds. The lowest BCUT2D eigenvalue weighted by molar-refractivity contribution is -0.384. The Bertz CT molecular complexity index is 534. The van der Waals surface area contributed by atoms with E-state index in [2.05, 4.69) is 12.6 Å². The molecular formula is C13H15NO6S2. The van der Waals surface area contributed by atoms with Crippen molar-refractivity contribution < 1.29 is 24.0 Å². The first kappa shape index (κ1) is 18.3. The molecule has 0 heterocycles. The maximum atomic E-state index is 11.6. The Morgan fingerprint density at radius 3 is 2.55 bits per heavy atom. The first-order chi connectivity index (χ1) is 10.4. The molecule has 1 aromatic carbocycles. The summed E-state index contributed by atoms with van der Waals surface area (Å²) in [7, 11) is 0. The molecule has 0 saturated carbocycles. The average molecular weight is 345 g/mol. The smallest absolute Gasteiger partial charge is 0.372 e. The van der Waals surface area contributed by atoms with Crippen LogP contribution in [0.3, 0.4) is 0 Å². The van der Waals surface area contributed by atoms with Crippen LogP contribution in [0.2, 0.25) is 0 Å². The molecule has 120 valence electrons. The van der Waals surface area contributed by atoms with E-state index in [0.717, 1.165) is 11.8 Å². The first-order valence-corrected chi connectivity index (χ1v) is 7.79. The van der Waals surface area contributed by atoms with E-state index in [0.29, 0.717) is 12.2 Å². The molecule has 1 unspecified atom stereocenters. The largest absolute Gasteiger partial charge is 0.466 e. The van der Waals surface area contributed by atoms with Crippen LogP contribution >= 0.6 is 24.4 Å². The van der Waals surface area contributed by atoms with E-state index < -0.39 is 10.2 Å². The van der Waals surface area contributed by atoms with Crippen molar-refractivity contribution in [3.05, 3.63) is 34.4 Å². The Kier molecular flexibility index (Phi) is 7.75. The van der Waals surface area contributed by atoms with Crippen LogP contribution in [0.15, 0.2) is 24.3 Å². The zero-order valence-electron chi connectivity index (χ0n) is 11.8. The topological polar surface area (TPSA) is 95.7 Å². The summed E-state index contributed by atoms with van der Waals surface area (Å²) in [5.74, 6) is 0.278. The summed E-state index contributed by atoms with van der Waals surface area (Å²) in [6.45, 7) is 1.57. The fourth-order valence-electron chi connectivity index (χ4n) is 1.35. The van der Waals surface area contributed by atoms with Crippen LogP contribution < -0.4 is 4.74 Å². The number of nitro groups is 1. The monoisotopic (exact) mass is 345 g/mol. The van der Waals surface area contributed by atoms with Gasteiger partial charge in [-0.05, 0) is 30.3 Å². The normalized spacial score (nSPS) is 11.5. The highest BCUT2D eigenvalue weighted by molar-refractivity contribution is 8.13. The summed E-state index contributed by atoms with van der Waals surface area (Å²) in [4.78, 5) is 32.2. The van der Waals surface area contributed by atoms with Crippen molar-refractivity contribution >= 4 is 41.3 Å². The van der Waals surface area contributed by atoms with Gasteiger partial charge in [0.15, 0.2) is 0 Å². The molecule has 0 spiro atoms. The maximum absolute atomic E-state index is 11.6. The molecule has 0 aliphatic heterocycles. The van der Waals surface area contributed by atoms with Crippen molar-refractivity contribution in [3.63, 3.8) is 0 Å². The number of ether oxygens (including phenoxy) is 2. The van der Waals surface area contributed by atoms with Crippen molar-refractivity contribution in [1.29, 1.82) is 0 Å². The van der Waals surface area contributed by atoms with E-state index in [4.69, 9.17) is 9.47 Å². The molecule has 0 radical (unpaired) electrons. The van der Waals surface area contributed by atoms with Crippen LogP contribution in [-0.2, 0) is 9.53 Å². The molecule has 9 heteroatoms. The van der Waals surface area contributed by atoms with E-state index in [1.54, 1.807) is 0 Å². The molecule has 0 aliphatic carbocycles. The number of nitrogens with zero attached hydrogens (tertiary/aromatic N) is 1. The molecule has 1 atom stereocenters. The molecule has 0 N–H and O–H groups in total. The van der Waals surface area contributed by atoms with Gasteiger partial charge >= 0.3 is 11.3 Å². The van der Waals surface area contributed by atoms with Crippen LogP contribution in [-0.4, -0.2) is 33.8 Å². The summed E-state index contributed by atoms with van der Waals surface area (Å²) in [5.41, 5.74) is -0.0756. The zero-order valence-corrected chi connectivity index (χ0v) is 13.5. The number of hydrogen-bond acceptors (Lipinski definition) is 8. The molecule has 22 heavy (non-hydrogen) atoms. The van der Waals surface area contributed by atoms with Crippen molar-refractivity contribution in [3.8, 4) is 5.75 Å². The van der Waals surface area contributed by atoms with Crippen molar-refractivity contribution in [2.45, 2.75) is 18.6 Å².